The van der Waals surface area contributed by atoms with E-state index in [1.165, 1.54) is 0 Å². The Bertz CT molecular complexity index is 327. The van der Waals surface area contributed by atoms with Gasteiger partial charge in [0, 0.05) is 13.1 Å². The van der Waals surface area contributed by atoms with E-state index < -0.39 is 12.2 Å². The summed E-state index contributed by atoms with van der Waals surface area (Å²) in [6.45, 7) is 1.07. The first-order valence-corrected chi connectivity index (χ1v) is 5.56. The first-order chi connectivity index (χ1) is 8.58. The maximum Gasteiger partial charge on any atom is 0.428 e. The molecule has 1 heterocycles. The third-order valence-electron chi connectivity index (χ3n) is 2.56. The lowest BCUT2D eigenvalue weighted by atomic mass is 10.4. The van der Waals surface area contributed by atoms with Crippen molar-refractivity contribution in [2.45, 2.75) is 12.8 Å². The molecule has 0 aliphatic carbocycles. The van der Waals surface area contributed by atoms with Crippen molar-refractivity contribution < 1.29 is 23.9 Å². The van der Waals surface area contributed by atoms with Crippen molar-refractivity contribution in [2.75, 3.05) is 33.9 Å². The topological polar surface area (TPSA) is 88.2 Å². The number of hydrogen-bond donors (Lipinski definition) is 1. The van der Waals surface area contributed by atoms with Gasteiger partial charge in [0.05, 0.1) is 14.2 Å². The maximum atomic E-state index is 11.8. The number of carbonyl (C=O) groups is 3. The van der Waals surface area contributed by atoms with Crippen LogP contribution in [-0.4, -0.2) is 61.9 Å². The number of amides is 3. The number of ether oxygens (including phenoxy) is 2. The third-order valence-corrected chi connectivity index (χ3v) is 2.56. The lowest BCUT2D eigenvalue weighted by molar-refractivity contribution is -0.131. The molecule has 0 saturated carbocycles. The molecule has 8 heteroatoms. The molecule has 0 radical (unpaired) electrons. The number of hydrogen-bond acceptors (Lipinski definition) is 5. The van der Waals surface area contributed by atoms with E-state index >= 15 is 0 Å². The lowest BCUT2D eigenvalue weighted by Crippen LogP contribution is -2.51. The van der Waals surface area contributed by atoms with Gasteiger partial charge in [-0.2, -0.15) is 0 Å². The molecular weight excluding hydrogens is 242 g/mol. The van der Waals surface area contributed by atoms with Crippen molar-refractivity contribution in [3.05, 3.63) is 0 Å². The van der Waals surface area contributed by atoms with E-state index in [1.54, 1.807) is 4.90 Å². The van der Waals surface area contributed by atoms with E-state index in [2.05, 4.69) is 14.9 Å². The van der Waals surface area contributed by atoms with Crippen molar-refractivity contribution >= 4 is 18.1 Å². The molecule has 1 fully saturated rings. The molecule has 0 aromatic rings. The molecule has 0 bridgehead atoms. The largest absolute Gasteiger partial charge is 0.452 e. The first kappa shape index (κ1) is 14.1. The van der Waals surface area contributed by atoms with Gasteiger partial charge in [0.2, 0.25) is 5.91 Å². The molecule has 0 atom stereocenters. The molecule has 1 aliphatic rings. The van der Waals surface area contributed by atoms with E-state index in [0.717, 1.165) is 32.1 Å². The van der Waals surface area contributed by atoms with Gasteiger partial charge in [-0.25, -0.2) is 20.0 Å². The quantitative estimate of drug-likeness (QED) is 0.702. The predicted octanol–water partition coefficient (Wildman–Crippen LogP) is -0.0518. The van der Waals surface area contributed by atoms with E-state index in [4.69, 9.17) is 0 Å². The van der Waals surface area contributed by atoms with Crippen LogP contribution in [0.1, 0.15) is 12.8 Å². The van der Waals surface area contributed by atoms with Crippen LogP contribution in [0.15, 0.2) is 0 Å². The smallest absolute Gasteiger partial charge is 0.428 e. The standard InChI is InChI=1S/C10H17N3O5/c1-17-9(15)11-13(10(16)18-2)7-8(14)12-5-3-4-6-12/h3-7H2,1-2H3,(H,11,15). The van der Waals surface area contributed by atoms with Crippen LogP contribution in [0.25, 0.3) is 0 Å². The fourth-order valence-electron chi connectivity index (χ4n) is 1.62. The molecule has 0 spiro atoms. The highest BCUT2D eigenvalue weighted by atomic mass is 16.6. The summed E-state index contributed by atoms with van der Waals surface area (Å²) in [5.41, 5.74) is 2.12. The zero-order valence-corrected chi connectivity index (χ0v) is 10.5. The van der Waals surface area contributed by atoms with Gasteiger partial charge >= 0.3 is 12.2 Å². The van der Waals surface area contributed by atoms with E-state index in [1.807, 2.05) is 0 Å². The predicted molar refractivity (Wildman–Crippen MR) is 60.5 cm³/mol. The molecule has 3 amide bonds. The van der Waals surface area contributed by atoms with Crippen molar-refractivity contribution in [3.63, 3.8) is 0 Å². The Morgan fingerprint density at radius 2 is 1.78 bits per heavy atom. The zero-order chi connectivity index (χ0) is 13.5. The van der Waals surface area contributed by atoms with Crippen LogP contribution in [-0.2, 0) is 14.3 Å². The van der Waals surface area contributed by atoms with Crippen LogP contribution in [0.4, 0.5) is 9.59 Å². The van der Waals surface area contributed by atoms with Crippen LogP contribution in [0.2, 0.25) is 0 Å². The molecule has 0 aromatic carbocycles. The van der Waals surface area contributed by atoms with Gasteiger partial charge in [-0.1, -0.05) is 0 Å². The fourth-order valence-corrected chi connectivity index (χ4v) is 1.62. The monoisotopic (exact) mass is 259 g/mol. The Hall–Kier alpha value is -1.99. The summed E-state index contributed by atoms with van der Waals surface area (Å²) in [5, 5.41) is 0.784. The molecule has 8 nitrogen and oxygen atoms in total. The lowest BCUT2D eigenvalue weighted by Gasteiger charge is -2.23. The van der Waals surface area contributed by atoms with Crippen molar-refractivity contribution in [1.29, 1.82) is 0 Å². The van der Waals surface area contributed by atoms with Crippen LogP contribution < -0.4 is 5.43 Å². The highest BCUT2D eigenvalue weighted by Gasteiger charge is 2.25. The molecule has 1 rings (SSSR count). The summed E-state index contributed by atoms with van der Waals surface area (Å²) >= 11 is 0. The molecule has 1 N–H and O–H groups in total. The molecule has 102 valence electrons. The van der Waals surface area contributed by atoms with Gasteiger partial charge in [-0.15, -0.1) is 0 Å². The number of carbonyl (C=O) groups excluding carboxylic acids is 3. The zero-order valence-electron chi connectivity index (χ0n) is 10.5. The van der Waals surface area contributed by atoms with Crippen LogP contribution in [0.5, 0.6) is 0 Å². The highest BCUT2D eigenvalue weighted by Crippen LogP contribution is 2.07. The molecular formula is C10H17N3O5. The van der Waals surface area contributed by atoms with Crippen molar-refractivity contribution in [3.8, 4) is 0 Å². The number of nitrogens with zero attached hydrogens (tertiary/aromatic N) is 2. The summed E-state index contributed by atoms with van der Waals surface area (Å²) < 4.78 is 8.83. The summed E-state index contributed by atoms with van der Waals surface area (Å²) in [7, 11) is 2.32. The second kappa shape index (κ2) is 6.67. The van der Waals surface area contributed by atoms with Gasteiger partial charge in [0.1, 0.15) is 6.54 Å². The van der Waals surface area contributed by atoms with Crippen molar-refractivity contribution in [1.82, 2.24) is 15.3 Å². The van der Waals surface area contributed by atoms with Crippen LogP contribution >= 0.6 is 0 Å². The maximum absolute atomic E-state index is 11.8. The molecule has 0 unspecified atom stereocenters. The highest BCUT2D eigenvalue weighted by molar-refractivity contribution is 5.83. The Kier molecular flexibility index (Phi) is 5.22. The average molecular weight is 259 g/mol. The number of likely N-dealkylation sites (tertiary alicyclic amines) is 1. The van der Waals surface area contributed by atoms with E-state index in [0.29, 0.717) is 13.1 Å². The van der Waals surface area contributed by atoms with Gasteiger partial charge in [-0.3, -0.25) is 4.79 Å². The summed E-state index contributed by atoms with van der Waals surface area (Å²) in [4.78, 5) is 35.9. The first-order valence-electron chi connectivity index (χ1n) is 5.56. The van der Waals surface area contributed by atoms with E-state index in [9.17, 15) is 14.4 Å². The van der Waals surface area contributed by atoms with Gasteiger partial charge in [0.15, 0.2) is 0 Å². The minimum atomic E-state index is -0.838. The number of methoxy groups -OCH3 is 2. The van der Waals surface area contributed by atoms with Gasteiger partial charge in [-0.05, 0) is 12.8 Å². The van der Waals surface area contributed by atoms with Gasteiger partial charge < -0.3 is 14.4 Å². The number of nitrogens with one attached hydrogen (secondary N) is 1. The molecule has 1 saturated heterocycles. The second-order valence-corrected chi connectivity index (χ2v) is 3.75. The SMILES string of the molecule is COC(=O)NN(CC(=O)N1CCCC1)C(=O)OC. The minimum Gasteiger partial charge on any atom is -0.452 e. The third kappa shape index (κ3) is 3.79. The normalized spacial score (nSPS) is 14.0. The minimum absolute atomic E-state index is 0.241. The Morgan fingerprint density at radius 3 is 2.28 bits per heavy atom. The summed E-state index contributed by atoms with van der Waals surface area (Å²) in [6, 6.07) is 0. The van der Waals surface area contributed by atoms with E-state index in [-0.39, 0.29) is 12.5 Å². The Labute approximate surface area is 105 Å². The number of rotatable bonds is 2. The Morgan fingerprint density at radius 1 is 1.17 bits per heavy atom. The average Bonchev–Trinajstić information content (AvgIpc) is 2.90. The molecule has 0 aromatic heterocycles. The van der Waals surface area contributed by atoms with Crippen LogP contribution in [0.3, 0.4) is 0 Å². The summed E-state index contributed by atoms with van der Waals surface area (Å²) in [5.74, 6) is -0.241. The van der Waals surface area contributed by atoms with Crippen molar-refractivity contribution in [2.24, 2.45) is 0 Å². The summed E-state index contributed by atoms with van der Waals surface area (Å²) in [6.07, 6.45) is 0.241. The van der Waals surface area contributed by atoms with Gasteiger partial charge in [0.25, 0.3) is 0 Å². The second-order valence-electron chi connectivity index (χ2n) is 3.75. The molecule has 18 heavy (non-hydrogen) atoms. The molecule has 1 aliphatic heterocycles. The van der Waals surface area contributed by atoms with Crippen LogP contribution in [0, 0.1) is 0 Å². The Balaban J connectivity index is 2.56. The number of hydrazine groups is 1. The fraction of sp³-hybridized carbons (Fsp3) is 0.700.